The topological polar surface area (TPSA) is 61.4 Å². The van der Waals surface area contributed by atoms with Crippen molar-refractivity contribution in [3.8, 4) is 0 Å². The molecule has 0 bridgehead atoms. The summed E-state index contributed by atoms with van der Waals surface area (Å²) in [7, 11) is 1.79. The Kier molecular flexibility index (Phi) is 4.16. The summed E-state index contributed by atoms with van der Waals surface area (Å²) in [6.45, 7) is 4.06. The van der Waals surface area contributed by atoms with Crippen LogP contribution in [0.2, 0.25) is 0 Å². The maximum absolute atomic E-state index is 12.4. The molecule has 1 aromatic heterocycles. The first-order valence-electron chi connectivity index (χ1n) is 7.32. The van der Waals surface area contributed by atoms with Crippen molar-refractivity contribution in [1.29, 1.82) is 0 Å². The summed E-state index contributed by atoms with van der Waals surface area (Å²) in [4.78, 5) is 16.9. The Morgan fingerprint density at radius 1 is 1.25 bits per heavy atom. The van der Waals surface area contributed by atoms with Gasteiger partial charge in [0, 0.05) is 26.2 Å². The Balaban J connectivity index is 1.60. The molecule has 20 heavy (non-hydrogen) atoms. The van der Waals surface area contributed by atoms with Crippen molar-refractivity contribution in [1.82, 2.24) is 20.0 Å². The van der Waals surface area contributed by atoms with Crippen LogP contribution in [0.15, 0.2) is 0 Å². The monoisotopic (exact) mass is 295 g/mol. The maximum atomic E-state index is 12.4. The van der Waals surface area contributed by atoms with Crippen molar-refractivity contribution in [2.75, 3.05) is 38.5 Å². The molecule has 1 aromatic rings. The number of hydrogen-bond donors (Lipinski definition) is 1. The zero-order valence-electron chi connectivity index (χ0n) is 11.8. The summed E-state index contributed by atoms with van der Waals surface area (Å²) in [5, 5.41) is 12.0. The highest BCUT2D eigenvalue weighted by atomic mass is 32.1. The molecule has 1 unspecified atom stereocenters. The predicted molar refractivity (Wildman–Crippen MR) is 79.2 cm³/mol. The van der Waals surface area contributed by atoms with Gasteiger partial charge in [-0.3, -0.25) is 9.69 Å². The molecule has 0 aromatic carbocycles. The van der Waals surface area contributed by atoms with E-state index in [2.05, 4.69) is 20.4 Å². The molecule has 2 fully saturated rings. The molecule has 7 heteroatoms. The zero-order valence-corrected chi connectivity index (χ0v) is 12.7. The third-order valence-corrected chi connectivity index (χ3v) is 5.11. The molecule has 1 N–H and O–H groups in total. The van der Waals surface area contributed by atoms with Gasteiger partial charge in [-0.25, -0.2) is 0 Å². The van der Waals surface area contributed by atoms with Crippen LogP contribution in [0.25, 0.3) is 0 Å². The SMILES string of the molecule is CNc1nnc(C(=O)N2CCC(N3CCCCC3)C2)s1. The van der Waals surface area contributed by atoms with Gasteiger partial charge in [-0.2, -0.15) is 0 Å². The maximum Gasteiger partial charge on any atom is 0.284 e. The van der Waals surface area contributed by atoms with Crippen molar-refractivity contribution in [2.24, 2.45) is 0 Å². The first-order valence-corrected chi connectivity index (χ1v) is 8.14. The Morgan fingerprint density at radius 3 is 2.75 bits per heavy atom. The van der Waals surface area contributed by atoms with Crippen molar-refractivity contribution >= 4 is 22.4 Å². The Labute approximate surface area is 123 Å². The number of aromatic nitrogens is 2. The van der Waals surface area contributed by atoms with Crippen molar-refractivity contribution in [2.45, 2.75) is 31.7 Å². The molecular weight excluding hydrogens is 274 g/mol. The minimum atomic E-state index is 0.0310. The van der Waals surface area contributed by atoms with Gasteiger partial charge in [0.2, 0.25) is 10.1 Å². The molecule has 2 aliphatic rings. The molecule has 1 atom stereocenters. The Bertz CT molecular complexity index is 471. The van der Waals surface area contributed by atoms with Crippen LogP contribution in [-0.4, -0.2) is 65.2 Å². The number of carbonyl (C=O) groups is 1. The summed E-state index contributed by atoms with van der Waals surface area (Å²) in [6.07, 6.45) is 5.03. The van der Waals surface area contributed by atoms with Gasteiger partial charge in [0.15, 0.2) is 0 Å². The van der Waals surface area contributed by atoms with Gasteiger partial charge in [-0.05, 0) is 32.4 Å². The van der Waals surface area contributed by atoms with E-state index in [4.69, 9.17) is 0 Å². The second-order valence-electron chi connectivity index (χ2n) is 5.45. The van der Waals surface area contributed by atoms with Crippen molar-refractivity contribution < 1.29 is 4.79 Å². The largest absolute Gasteiger partial charge is 0.363 e. The van der Waals surface area contributed by atoms with Gasteiger partial charge in [0.1, 0.15) is 0 Å². The van der Waals surface area contributed by atoms with Crippen LogP contribution in [0.3, 0.4) is 0 Å². The fourth-order valence-corrected chi connectivity index (χ4v) is 3.72. The van der Waals surface area contributed by atoms with Crippen LogP contribution < -0.4 is 5.32 Å². The predicted octanol–water partition coefficient (Wildman–Crippen LogP) is 1.28. The van der Waals surface area contributed by atoms with Gasteiger partial charge >= 0.3 is 0 Å². The number of nitrogens with one attached hydrogen (secondary N) is 1. The molecule has 0 saturated carbocycles. The molecule has 0 spiro atoms. The molecular formula is C13H21N5OS. The van der Waals surface area contributed by atoms with Crippen LogP contribution in [0, 0.1) is 0 Å². The van der Waals surface area contributed by atoms with Crippen LogP contribution >= 0.6 is 11.3 Å². The standard InChI is InChI=1S/C13H21N5OS/c1-14-13-16-15-11(20-13)12(19)18-8-5-10(9-18)17-6-3-2-4-7-17/h10H,2-9H2,1H3,(H,14,16). The molecule has 6 nitrogen and oxygen atoms in total. The van der Waals surface area contributed by atoms with E-state index in [1.54, 1.807) is 7.05 Å². The zero-order chi connectivity index (χ0) is 13.9. The molecule has 3 rings (SSSR count). The summed E-state index contributed by atoms with van der Waals surface area (Å²) < 4.78 is 0. The van der Waals surface area contributed by atoms with Gasteiger partial charge < -0.3 is 10.2 Å². The number of carbonyl (C=O) groups excluding carboxylic acids is 1. The number of piperidine rings is 1. The smallest absolute Gasteiger partial charge is 0.284 e. The average molecular weight is 295 g/mol. The average Bonchev–Trinajstić information content (AvgIpc) is 3.17. The molecule has 3 heterocycles. The molecule has 0 radical (unpaired) electrons. The molecule has 2 saturated heterocycles. The van der Waals surface area contributed by atoms with Crippen molar-refractivity contribution in [3.63, 3.8) is 0 Å². The third kappa shape index (κ3) is 2.78. The lowest BCUT2D eigenvalue weighted by atomic mass is 10.1. The van der Waals surface area contributed by atoms with E-state index in [-0.39, 0.29) is 5.91 Å². The Morgan fingerprint density at radius 2 is 2.05 bits per heavy atom. The minimum absolute atomic E-state index is 0.0310. The Hall–Kier alpha value is -1.21. The highest BCUT2D eigenvalue weighted by Gasteiger charge is 2.32. The molecule has 1 amide bonds. The van der Waals surface area contributed by atoms with Crippen LogP contribution in [0.5, 0.6) is 0 Å². The summed E-state index contributed by atoms with van der Waals surface area (Å²) in [6, 6.07) is 0.538. The van der Waals surface area contributed by atoms with E-state index in [0.717, 1.165) is 19.5 Å². The number of likely N-dealkylation sites (tertiary alicyclic amines) is 2. The van der Waals surface area contributed by atoms with E-state index in [1.165, 1.54) is 43.7 Å². The minimum Gasteiger partial charge on any atom is -0.363 e. The quantitative estimate of drug-likeness (QED) is 0.910. The van der Waals surface area contributed by atoms with Gasteiger partial charge in [0.25, 0.3) is 5.91 Å². The van der Waals surface area contributed by atoms with Gasteiger partial charge in [-0.15, -0.1) is 10.2 Å². The molecule has 0 aliphatic carbocycles. The van der Waals surface area contributed by atoms with E-state index >= 15 is 0 Å². The van der Waals surface area contributed by atoms with E-state index in [1.807, 2.05) is 4.90 Å². The second kappa shape index (κ2) is 6.05. The first-order chi connectivity index (χ1) is 9.78. The number of nitrogens with zero attached hydrogens (tertiary/aromatic N) is 4. The number of anilines is 1. The van der Waals surface area contributed by atoms with E-state index in [9.17, 15) is 4.79 Å². The normalized spacial score (nSPS) is 24.1. The fourth-order valence-electron chi connectivity index (χ4n) is 3.05. The third-order valence-electron chi connectivity index (χ3n) is 4.18. The van der Waals surface area contributed by atoms with Crippen LogP contribution in [0.4, 0.5) is 5.13 Å². The highest BCUT2D eigenvalue weighted by molar-refractivity contribution is 7.17. The number of hydrogen-bond acceptors (Lipinski definition) is 6. The van der Waals surface area contributed by atoms with Crippen LogP contribution in [-0.2, 0) is 0 Å². The van der Waals surface area contributed by atoms with E-state index in [0.29, 0.717) is 16.2 Å². The second-order valence-corrected chi connectivity index (χ2v) is 6.43. The lowest BCUT2D eigenvalue weighted by Gasteiger charge is -2.32. The van der Waals surface area contributed by atoms with Crippen molar-refractivity contribution in [3.05, 3.63) is 5.01 Å². The first kappa shape index (κ1) is 13.8. The van der Waals surface area contributed by atoms with Gasteiger partial charge in [0.05, 0.1) is 0 Å². The lowest BCUT2D eigenvalue weighted by Crippen LogP contribution is -2.41. The van der Waals surface area contributed by atoms with E-state index < -0.39 is 0 Å². The summed E-state index contributed by atoms with van der Waals surface area (Å²) in [5.41, 5.74) is 0. The summed E-state index contributed by atoms with van der Waals surface area (Å²) in [5.74, 6) is 0.0310. The number of rotatable bonds is 3. The lowest BCUT2D eigenvalue weighted by molar-refractivity contribution is 0.0770. The molecule has 2 aliphatic heterocycles. The van der Waals surface area contributed by atoms with Gasteiger partial charge in [-0.1, -0.05) is 17.8 Å². The highest BCUT2D eigenvalue weighted by Crippen LogP contribution is 2.23. The number of amides is 1. The molecule has 110 valence electrons. The fraction of sp³-hybridized carbons (Fsp3) is 0.769. The van der Waals surface area contributed by atoms with Crippen LogP contribution in [0.1, 0.15) is 35.5 Å². The summed E-state index contributed by atoms with van der Waals surface area (Å²) >= 11 is 1.33.